The molecule has 240 valence electrons. The van der Waals surface area contributed by atoms with Gasteiger partial charge in [0.05, 0.1) is 16.6 Å². The molecule has 0 bridgehead atoms. The van der Waals surface area contributed by atoms with E-state index in [4.69, 9.17) is 26.8 Å². The first-order valence-corrected chi connectivity index (χ1v) is 15.9. The summed E-state index contributed by atoms with van der Waals surface area (Å²) in [4.78, 5) is 41.1. The number of fused-ring (bicyclic) bond motifs is 2. The van der Waals surface area contributed by atoms with E-state index in [9.17, 15) is 14.4 Å². The average molecular weight is 626 g/mol. The first kappa shape index (κ1) is 35.3. The third-order valence-electron chi connectivity index (χ3n) is 7.07. The summed E-state index contributed by atoms with van der Waals surface area (Å²) in [6, 6.07) is 10.3. The van der Waals surface area contributed by atoms with Gasteiger partial charge in [0.15, 0.2) is 5.78 Å². The molecule has 0 aliphatic heterocycles. The predicted octanol–water partition coefficient (Wildman–Crippen LogP) is 7.70. The van der Waals surface area contributed by atoms with Crippen molar-refractivity contribution in [2.75, 3.05) is 13.1 Å². The Labute approximate surface area is 266 Å². The van der Waals surface area contributed by atoms with Crippen LogP contribution in [0.4, 0.5) is 4.79 Å². The SMILES string of the molecule is CCCCNCc1c2ccccc2c(Cl)c2c(C(=O)OC(C)(C)C)c(C(=O)[C@H](CCCCN)NC(=O)OC(C)(C)C)ccc12. The molecule has 0 spiro atoms. The van der Waals surface area contributed by atoms with Gasteiger partial charge in [-0.05, 0) is 103 Å². The van der Waals surface area contributed by atoms with Gasteiger partial charge in [-0.1, -0.05) is 55.3 Å². The molecular weight excluding hydrogens is 578 g/mol. The highest BCUT2D eigenvalue weighted by Gasteiger charge is 2.32. The molecule has 0 aliphatic rings. The maximum absolute atomic E-state index is 14.3. The molecule has 8 nitrogen and oxygen atoms in total. The number of carbonyl (C=O) groups excluding carboxylic acids is 3. The fraction of sp³-hybridized carbons (Fsp3) is 0.514. The lowest BCUT2D eigenvalue weighted by molar-refractivity contribution is 0.00699. The molecule has 0 aliphatic carbocycles. The van der Waals surface area contributed by atoms with E-state index in [0.717, 1.165) is 41.1 Å². The first-order chi connectivity index (χ1) is 20.7. The summed E-state index contributed by atoms with van der Waals surface area (Å²) in [6.45, 7) is 14.6. The molecule has 1 amide bonds. The van der Waals surface area contributed by atoms with E-state index < -0.39 is 35.1 Å². The van der Waals surface area contributed by atoms with Gasteiger partial charge in [-0.3, -0.25) is 4.79 Å². The zero-order chi connectivity index (χ0) is 32.7. The second kappa shape index (κ2) is 15.2. The van der Waals surface area contributed by atoms with E-state index >= 15 is 0 Å². The van der Waals surface area contributed by atoms with E-state index in [-0.39, 0.29) is 11.1 Å². The average Bonchev–Trinajstić information content (AvgIpc) is 2.93. The topological polar surface area (TPSA) is 120 Å². The van der Waals surface area contributed by atoms with Gasteiger partial charge in [-0.25, -0.2) is 9.59 Å². The highest BCUT2D eigenvalue weighted by molar-refractivity contribution is 6.42. The number of hydrogen-bond donors (Lipinski definition) is 3. The Bertz CT molecular complexity index is 1490. The van der Waals surface area contributed by atoms with Crippen LogP contribution in [0.3, 0.4) is 0 Å². The van der Waals surface area contributed by atoms with Crippen LogP contribution in [0, 0.1) is 0 Å². The number of Topliss-reactive ketones (excluding diaryl/α,β-unsaturated/α-hetero) is 1. The maximum Gasteiger partial charge on any atom is 0.408 e. The number of nitrogens with two attached hydrogens (primary N) is 1. The van der Waals surface area contributed by atoms with Gasteiger partial charge in [-0.15, -0.1) is 0 Å². The number of esters is 1. The summed E-state index contributed by atoms with van der Waals surface area (Å²) in [5, 5.41) is 9.58. The summed E-state index contributed by atoms with van der Waals surface area (Å²) < 4.78 is 11.3. The van der Waals surface area contributed by atoms with Crippen LogP contribution in [0.5, 0.6) is 0 Å². The zero-order valence-corrected chi connectivity index (χ0v) is 28.0. The zero-order valence-electron chi connectivity index (χ0n) is 27.2. The van der Waals surface area contributed by atoms with E-state index in [1.807, 2.05) is 30.3 Å². The highest BCUT2D eigenvalue weighted by atomic mass is 35.5. The minimum absolute atomic E-state index is 0.0859. The molecule has 4 N–H and O–H groups in total. The van der Waals surface area contributed by atoms with Crippen LogP contribution < -0.4 is 16.4 Å². The molecule has 0 unspecified atom stereocenters. The van der Waals surface area contributed by atoms with Crippen LogP contribution in [-0.4, -0.2) is 48.2 Å². The number of benzene rings is 3. The second-order valence-electron chi connectivity index (χ2n) is 13.1. The third-order valence-corrected chi connectivity index (χ3v) is 7.46. The van der Waals surface area contributed by atoms with Gasteiger partial charge in [0.1, 0.15) is 11.2 Å². The molecular formula is C35H48ClN3O5. The number of alkyl carbamates (subject to hydrolysis) is 1. The summed E-state index contributed by atoms with van der Waals surface area (Å²) in [6.07, 6.45) is 2.96. The molecule has 44 heavy (non-hydrogen) atoms. The number of ketones is 1. The van der Waals surface area contributed by atoms with Gasteiger partial charge < -0.3 is 25.8 Å². The molecule has 9 heteroatoms. The Morgan fingerprint density at radius 2 is 1.55 bits per heavy atom. The Hall–Kier alpha value is -3.20. The molecule has 3 aromatic rings. The van der Waals surface area contributed by atoms with Crippen molar-refractivity contribution in [3.8, 4) is 0 Å². The third kappa shape index (κ3) is 9.16. The predicted molar refractivity (Wildman–Crippen MR) is 179 cm³/mol. The summed E-state index contributed by atoms with van der Waals surface area (Å²) in [5.41, 5.74) is 5.33. The lowest BCUT2D eigenvalue weighted by atomic mass is 9.88. The van der Waals surface area contributed by atoms with Crippen molar-refractivity contribution in [3.05, 3.63) is 58.1 Å². The van der Waals surface area contributed by atoms with Crippen LogP contribution in [0.15, 0.2) is 36.4 Å². The Kier molecular flexibility index (Phi) is 12.2. The molecule has 0 radical (unpaired) electrons. The van der Waals surface area contributed by atoms with Crippen molar-refractivity contribution in [2.45, 2.75) is 104 Å². The number of carbonyl (C=O) groups is 3. The quantitative estimate of drug-likeness (QED) is 0.0770. The van der Waals surface area contributed by atoms with Crippen LogP contribution in [0.2, 0.25) is 5.02 Å². The minimum atomic E-state index is -0.954. The molecule has 0 fully saturated rings. The molecule has 0 aromatic heterocycles. The molecule has 0 saturated heterocycles. The van der Waals surface area contributed by atoms with Gasteiger partial charge in [0.2, 0.25) is 0 Å². The monoisotopic (exact) mass is 625 g/mol. The van der Waals surface area contributed by atoms with Crippen molar-refractivity contribution >= 4 is 51.0 Å². The van der Waals surface area contributed by atoms with Gasteiger partial charge >= 0.3 is 12.1 Å². The lowest BCUT2D eigenvalue weighted by Crippen LogP contribution is -2.44. The fourth-order valence-electron chi connectivity index (χ4n) is 5.15. The molecule has 0 saturated carbocycles. The Morgan fingerprint density at radius 1 is 0.886 bits per heavy atom. The number of nitrogens with one attached hydrogen (secondary N) is 2. The fourth-order valence-corrected chi connectivity index (χ4v) is 5.51. The summed E-state index contributed by atoms with van der Waals surface area (Å²) >= 11 is 7.12. The molecule has 0 heterocycles. The summed E-state index contributed by atoms with van der Waals surface area (Å²) in [5.74, 6) is -1.09. The number of halogens is 1. The Balaban J connectivity index is 2.28. The minimum Gasteiger partial charge on any atom is -0.456 e. The molecule has 1 atom stereocenters. The normalized spacial score (nSPS) is 12.8. The Morgan fingerprint density at radius 3 is 2.16 bits per heavy atom. The maximum atomic E-state index is 14.3. The lowest BCUT2D eigenvalue weighted by Gasteiger charge is -2.25. The molecule has 3 aromatic carbocycles. The van der Waals surface area contributed by atoms with Crippen LogP contribution >= 0.6 is 11.6 Å². The van der Waals surface area contributed by atoms with Crippen molar-refractivity contribution in [2.24, 2.45) is 5.73 Å². The van der Waals surface area contributed by atoms with Crippen LogP contribution in [0.25, 0.3) is 21.5 Å². The molecule has 3 rings (SSSR count). The number of ether oxygens (including phenoxy) is 2. The van der Waals surface area contributed by atoms with E-state index in [2.05, 4.69) is 17.6 Å². The number of unbranched alkanes of at least 4 members (excludes halogenated alkanes) is 2. The van der Waals surface area contributed by atoms with E-state index in [0.29, 0.717) is 42.8 Å². The number of amides is 1. The van der Waals surface area contributed by atoms with Crippen molar-refractivity contribution in [1.82, 2.24) is 10.6 Å². The largest absolute Gasteiger partial charge is 0.456 e. The van der Waals surface area contributed by atoms with Crippen molar-refractivity contribution in [3.63, 3.8) is 0 Å². The van der Waals surface area contributed by atoms with Gasteiger partial charge in [0.25, 0.3) is 0 Å². The highest BCUT2D eigenvalue weighted by Crippen LogP contribution is 2.40. The van der Waals surface area contributed by atoms with Crippen molar-refractivity contribution in [1.29, 1.82) is 0 Å². The van der Waals surface area contributed by atoms with E-state index in [1.165, 1.54) is 0 Å². The number of hydrogen-bond acceptors (Lipinski definition) is 7. The standard InChI is InChI=1S/C35H48ClN3O5/c1-8-9-20-38-21-26-22-14-10-11-15-24(22)30(36)28-23(26)17-18-25(29(28)32(41)43-34(2,3)4)31(40)27(16-12-13-19-37)39-33(42)44-35(5,6)7/h10-11,14-15,17-18,27,38H,8-9,12-13,16,19-21,37H2,1-7H3,(H,39,42)/t27-/m0/s1. The van der Waals surface area contributed by atoms with Crippen LogP contribution in [0.1, 0.15) is 107 Å². The van der Waals surface area contributed by atoms with Crippen molar-refractivity contribution < 1.29 is 23.9 Å². The van der Waals surface area contributed by atoms with E-state index in [1.54, 1.807) is 47.6 Å². The van der Waals surface area contributed by atoms with Gasteiger partial charge in [0, 0.05) is 22.9 Å². The second-order valence-corrected chi connectivity index (χ2v) is 13.5. The number of rotatable bonds is 13. The van der Waals surface area contributed by atoms with Gasteiger partial charge in [-0.2, -0.15) is 0 Å². The first-order valence-electron chi connectivity index (χ1n) is 15.5. The summed E-state index contributed by atoms with van der Waals surface area (Å²) in [7, 11) is 0. The smallest absolute Gasteiger partial charge is 0.408 e. The van der Waals surface area contributed by atoms with Crippen LogP contribution in [-0.2, 0) is 16.0 Å².